The lowest BCUT2D eigenvalue weighted by Gasteiger charge is -2.35. The Morgan fingerprint density at radius 2 is 1.77 bits per heavy atom. The van der Waals surface area contributed by atoms with Crippen LogP contribution in [-0.2, 0) is 0 Å². The topological polar surface area (TPSA) is 29.3 Å². The highest BCUT2D eigenvalue weighted by atomic mass is 15.2. The van der Waals surface area contributed by atoms with E-state index < -0.39 is 0 Å². The first-order valence-electron chi connectivity index (χ1n) is 5.35. The molecule has 2 heteroatoms. The fourth-order valence-corrected chi connectivity index (χ4v) is 2.84. The van der Waals surface area contributed by atoms with Crippen LogP contribution in [0.1, 0.15) is 27.7 Å². The third kappa shape index (κ3) is 1.23. The average molecular weight is 182 g/mol. The smallest absolute Gasteiger partial charge is 0.0125 e. The number of nitrogens with two attached hydrogens (primary N) is 1. The quantitative estimate of drug-likeness (QED) is 0.662. The SMILES string of the molecule is CC(C)(C)N1C[C@@H]2[C@H](C1)[C@@]2(C)CN. The van der Waals surface area contributed by atoms with Gasteiger partial charge in [-0.15, -0.1) is 0 Å². The van der Waals surface area contributed by atoms with Gasteiger partial charge in [0.1, 0.15) is 0 Å². The van der Waals surface area contributed by atoms with E-state index in [1.807, 2.05) is 0 Å². The van der Waals surface area contributed by atoms with Crippen molar-refractivity contribution in [3.05, 3.63) is 0 Å². The number of likely N-dealkylation sites (tertiary alicyclic amines) is 1. The van der Waals surface area contributed by atoms with E-state index in [9.17, 15) is 0 Å². The molecule has 0 aromatic rings. The molecule has 0 aromatic carbocycles. The van der Waals surface area contributed by atoms with E-state index in [1.54, 1.807) is 0 Å². The Morgan fingerprint density at radius 3 is 2.08 bits per heavy atom. The van der Waals surface area contributed by atoms with Crippen molar-refractivity contribution in [3.8, 4) is 0 Å². The number of piperidine rings is 1. The summed E-state index contributed by atoms with van der Waals surface area (Å²) >= 11 is 0. The van der Waals surface area contributed by atoms with Gasteiger partial charge in [0, 0.05) is 18.6 Å². The molecule has 0 unspecified atom stereocenters. The molecule has 2 nitrogen and oxygen atoms in total. The largest absolute Gasteiger partial charge is 0.330 e. The molecule has 13 heavy (non-hydrogen) atoms. The zero-order valence-electron chi connectivity index (χ0n) is 9.30. The lowest BCUT2D eigenvalue weighted by atomic mass is 9.99. The van der Waals surface area contributed by atoms with Crippen molar-refractivity contribution in [2.75, 3.05) is 19.6 Å². The number of fused-ring (bicyclic) bond motifs is 1. The van der Waals surface area contributed by atoms with Crippen LogP contribution >= 0.6 is 0 Å². The summed E-state index contributed by atoms with van der Waals surface area (Å²) in [4.78, 5) is 2.60. The average Bonchev–Trinajstić information content (AvgIpc) is 2.50. The Hall–Kier alpha value is -0.0800. The van der Waals surface area contributed by atoms with Gasteiger partial charge in [-0.25, -0.2) is 0 Å². The summed E-state index contributed by atoms with van der Waals surface area (Å²) in [7, 11) is 0. The van der Waals surface area contributed by atoms with E-state index in [1.165, 1.54) is 13.1 Å². The second-order valence-electron chi connectivity index (χ2n) is 6.00. The van der Waals surface area contributed by atoms with Crippen LogP contribution in [-0.4, -0.2) is 30.1 Å². The molecule has 1 saturated carbocycles. The molecule has 76 valence electrons. The van der Waals surface area contributed by atoms with Gasteiger partial charge < -0.3 is 5.73 Å². The molecule has 0 spiro atoms. The van der Waals surface area contributed by atoms with Crippen LogP contribution in [0.3, 0.4) is 0 Å². The van der Waals surface area contributed by atoms with E-state index in [-0.39, 0.29) is 0 Å². The summed E-state index contributed by atoms with van der Waals surface area (Å²) in [6.07, 6.45) is 0. The van der Waals surface area contributed by atoms with Crippen molar-refractivity contribution < 1.29 is 0 Å². The molecule has 1 aliphatic carbocycles. The number of hydrogen-bond donors (Lipinski definition) is 1. The molecule has 1 aliphatic heterocycles. The zero-order valence-corrected chi connectivity index (χ0v) is 9.30. The maximum Gasteiger partial charge on any atom is 0.0125 e. The van der Waals surface area contributed by atoms with Crippen molar-refractivity contribution >= 4 is 0 Å². The first-order valence-corrected chi connectivity index (χ1v) is 5.35. The van der Waals surface area contributed by atoms with E-state index in [0.717, 1.165) is 18.4 Å². The Balaban J connectivity index is 1.97. The highest BCUT2D eigenvalue weighted by molar-refractivity contribution is 5.15. The number of hydrogen-bond acceptors (Lipinski definition) is 2. The first-order chi connectivity index (χ1) is 5.89. The monoisotopic (exact) mass is 182 g/mol. The molecule has 2 aliphatic rings. The maximum absolute atomic E-state index is 5.79. The third-order valence-electron chi connectivity index (χ3n) is 4.29. The Kier molecular flexibility index (Phi) is 1.81. The van der Waals surface area contributed by atoms with Crippen LogP contribution < -0.4 is 5.73 Å². The van der Waals surface area contributed by atoms with Crippen molar-refractivity contribution in [2.24, 2.45) is 23.0 Å². The maximum atomic E-state index is 5.79. The van der Waals surface area contributed by atoms with Gasteiger partial charge in [-0.1, -0.05) is 6.92 Å². The third-order valence-corrected chi connectivity index (χ3v) is 4.29. The molecule has 0 amide bonds. The molecule has 3 atom stereocenters. The van der Waals surface area contributed by atoms with Gasteiger partial charge in [0.05, 0.1) is 0 Å². The van der Waals surface area contributed by atoms with E-state index in [4.69, 9.17) is 5.73 Å². The molecular formula is C11H22N2. The predicted molar refractivity (Wildman–Crippen MR) is 55.5 cm³/mol. The van der Waals surface area contributed by atoms with E-state index >= 15 is 0 Å². The molecule has 1 heterocycles. The van der Waals surface area contributed by atoms with Crippen molar-refractivity contribution in [3.63, 3.8) is 0 Å². The molecule has 0 bridgehead atoms. The number of rotatable bonds is 1. The van der Waals surface area contributed by atoms with Crippen LogP contribution in [0.5, 0.6) is 0 Å². The summed E-state index contributed by atoms with van der Waals surface area (Å²) in [5.74, 6) is 1.77. The van der Waals surface area contributed by atoms with E-state index in [2.05, 4.69) is 32.6 Å². The summed E-state index contributed by atoms with van der Waals surface area (Å²) < 4.78 is 0. The van der Waals surface area contributed by atoms with Crippen LogP contribution in [0, 0.1) is 17.3 Å². The minimum atomic E-state index is 0.350. The van der Waals surface area contributed by atoms with Gasteiger partial charge in [0.2, 0.25) is 0 Å². The fourth-order valence-electron chi connectivity index (χ4n) is 2.84. The van der Waals surface area contributed by atoms with Crippen molar-refractivity contribution in [1.29, 1.82) is 0 Å². The lowest BCUT2D eigenvalue weighted by Crippen LogP contribution is -2.43. The van der Waals surface area contributed by atoms with Gasteiger partial charge in [-0.2, -0.15) is 0 Å². The van der Waals surface area contributed by atoms with Gasteiger partial charge in [0.15, 0.2) is 0 Å². The number of nitrogens with zero attached hydrogens (tertiary/aromatic N) is 1. The van der Waals surface area contributed by atoms with Gasteiger partial charge >= 0.3 is 0 Å². The van der Waals surface area contributed by atoms with E-state index in [0.29, 0.717) is 11.0 Å². The minimum absolute atomic E-state index is 0.350. The standard InChI is InChI=1S/C11H22N2/c1-10(2,3)13-5-8-9(6-13)11(8,4)7-12/h8-9H,5-7,12H2,1-4H3/t8-,9+,11+. The van der Waals surface area contributed by atoms with Crippen molar-refractivity contribution in [2.45, 2.75) is 33.2 Å². The summed E-state index contributed by atoms with van der Waals surface area (Å²) in [6.45, 7) is 12.7. The second-order valence-corrected chi connectivity index (χ2v) is 6.00. The van der Waals surface area contributed by atoms with Crippen molar-refractivity contribution in [1.82, 2.24) is 4.90 Å². The Morgan fingerprint density at radius 1 is 1.31 bits per heavy atom. The molecule has 0 aromatic heterocycles. The minimum Gasteiger partial charge on any atom is -0.330 e. The normalized spacial score (nSPS) is 45.0. The Bertz CT molecular complexity index is 205. The molecular weight excluding hydrogens is 160 g/mol. The van der Waals surface area contributed by atoms with Crippen LogP contribution in [0.15, 0.2) is 0 Å². The molecule has 2 rings (SSSR count). The zero-order chi connectivity index (χ0) is 9.85. The second kappa shape index (κ2) is 2.48. The lowest BCUT2D eigenvalue weighted by molar-refractivity contribution is 0.134. The summed E-state index contributed by atoms with van der Waals surface area (Å²) in [5, 5.41) is 0. The van der Waals surface area contributed by atoms with Gasteiger partial charge in [-0.3, -0.25) is 4.90 Å². The van der Waals surface area contributed by atoms with Crippen LogP contribution in [0.4, 0.5) is 0 Å². The van der Waals surface area contributed by atoms with Crippen LogP contribution in [0.2, 0.25) is 0 Å². The van der Waals surface area contributed by atoms with Gasteiger partial charge in [-0.05, 0) is 44.6 Å². The molecule has 1 saturated heterocycles. The molecule has 0 radical (unpaired) electrons. The predicted octanol–water partition coefficient (Wildman–Crippen LogP) is 1.31. The van der Waals surface area contributed by atoms with Crippen LogP contribution in [0.25, 0.3) is 0 Å². The summed E-state index contributed by atoms with van der Waals surface area (Å²) in [5.41, 5.74) is 6.63. The Labute approximate surface area is 81.5 Å². The fraction of sp³-hybridized carbons (Fsp3) is 1.00. The van der Waals surface area contributed by atoms with Gasteiger partial charge in [0.25, 0.3) is 0 Å². The molecule has 2 fully saturated rings. The highest BCUT2D eigenvalue weighted by Crippen LogP contribution is 2.62. The molecule has 2 N–H and O–H groups in total. The highest BCUT2D eigenvalue weighted by Gasteiger charge is 2.64. The summed E-state index contributed by atoms with van der Waals surface area (Å²) in [6, 6.07) is 0. The first kappa shape index (κ1) is 9.47.